The minimum Gasteiger partial charge on any atom is -0.372 e. The van der Waals surface area contributed by atoms with Gasteiger partial charge in [0.15, 0.2) is 5.78 Å². The van der Waals surface area contributed by atoms with Gasteiger partial charge in [-0.1, -0.05) is 6.07 Å². The molecule has 0 aliphatic rings. The van der Waals surface area contributed by atoms with E-state index < -0.39 is 11.4 Å². The van der Waals surface area contributed by atoms with Crippen molar-refractivity contribution in [1.82, 2.24) is 4.57 Å². The summed E-state index contributed by atoms with van der Waals surface area (Å²) in [6, 6.07) is 4.53. The van der Waals surface area contributed by atoms with Crippen LogP contribution in [0.4, 0.5) is 0 Å². The van der Waals surface area contributed by atoms with E-state index in [1.807, 2.05) is 0 Å². The van der Waals surface area contributed by atoms with Gasteiger partial charge in [0.2, 0.25) is 0 Å². The van der Waals surface area contributed by atoms with Crippen LogP contribution in [0.2, 0.25) is 0 Å². The zero-order valence-corrected chi connectivity index (χ0v) is 8.81. The van der Waals surface area contributed by atoms with Crippen LogP contribution in [0.25, 0.3) is 10.9 Å². The third-order valence-electron chi connectivity index (χ3n) is 2.44. The Bertz CT molecular complexity index is 693. The molecule has 0 N–H and O–H groups in total. The first kappa shape index (κ1) is 10.4. The Kier molecular flexibility index (Phi) is 2.23. The number of benzene rings is 1. The number of aromatic nitrogens is 1. The van der Waals surface area contributed by atoms with Gasteiger partial charge in [-0.3, -0.25) is 9.36 Å². The Morgan fingerprint density at radius 1 is 1.31 bits per heavy atom. The molecule has 1 heterocycles. The number of ketones is 1. The fourth-order valence-corrected chi connectivity index (χ4v) is 1.50. The van der Waals surface area contributed by atoms with Crippen LogP contribution in [0, 0.1) is 0 Å². The highest BCUT2D eigenvalue weighted by Crippen LogP contribution is 2.11. The van der Waals surface area contributed by atoms with E-state index in [1.54, 1.807) is 0 Å². The SMILES string of the molecule is CC(=O)c1ccc2c(=O)oc(=O)n(C)c2c1. The maximum atomic E-state index is 11.4. The lowest BCUT2D eigenvalue weighted by Gasteiger charge is -2.03. The van der Waals surface area contributed by atoms with E-state index in [0.29, 0.717) is 11.1 Å². The molecule has 0 atom stereocenters. The van der Waals surface area contributed by atoms with Crippen LogP contribution in [-0.2, 0) is 7.05 Å². The first-order valence-corrected chi connectivity index (χ1v) is 4.65. The van der Waals surface area contributed by atoms with Crippen molar-refractivity contribution in [2.45, 2.75) is 6.92 Å². The number of fused-ring (bicyclic) bond motifs is 1. The number of carbonyl (C=O) groups excluding carboxylic acids is 1. The first-order chi connectivity index (χ1) is 7.50. The molecule has 0 radical (unpaired) electrons. The summed E-state index contributed by atoms with van der Waals surface area (Å²) in [7, 11) is 1.48. The summed E-state index contributed by atoms with van der Waals surface area (Å²) in [4.78, 5) is 33.8. The van der Waals surface area contributed by atoms with Crippen molar-refractivity contribution >= 4 is 16.7 Å². The van der Waals surface area contributed by atoms with E-state index in [9.17, 15) is 14.4 Å². The van der Waals surface area contributed by atoms with Gasteiger partial charge in [0.05, 0.1) is 10.9 Å². The van der Waals surface area contributed by atoms with Crippen LogP contribution in [0.3, 0.4) is 0 Å². The number of carbonyl (C=O) groups is 1. The molecule has 0 saturated heterocycles. The Balaban J connectivity index is 2.97. The standard InChI is InChI=1S/C11H9NO4/c1-6(13)7-3-4-8-9(5-7)12(2)11(15)16-10(8)14/h3-5H,1-2H3. The molecule has 2 aromatic rings. The molecule has 1 aromatic carbocycles. The number of hydrogen-bond acceptors (Lipinski definition) is 4. The second kappa shape index (κ2) is 3.44. The largest absolute Gasteiger partial charge is 0.422 e. The van der Waals surface area contributed by atoms with Gasteiger partial charge < -0.3 is 4.42 Å². The molecule has 5 nitrogen and oxygen atoms in total. The molecule has 0 bridgehead atoms. The highest BCUT2D eigenvalue weighted by Gasteiger charge is 2.08. The fourth-order valence-electron chi connectivity index (χ4n) is 1.50. The van der Waals surface area contributed by atoms with Gasteiger partial charge in [0.1, 0.15) is 0 Å². The summed E-state index contributed by atoms with van der Waals surface area (Å²) in [5.74, 6) is -0.860. The topological polar surface area (TPSA) is 69.3 Å². The predicted molar refractivity (Wildman–Crippen MR) is 57.7 cm³/mol. The monoisotopic (exact) mass is 219 g/mol. The second-order valence-electron chi connectivity index (χ2n) is 3.50. The Labute approximate surface area is 89.9 Å². The molecular formula is C11H9NO4. The third kappa shape index (κ3) is 1.46. The summed E-state index contributed by atoms with van der Waals surface area (Å²) in [5, 5.41) is 0.284. The van der Waals surface area contributed by atoms with Gasteiger partial charge in [-0.05, 0) is 19.1 Å². The number of aryl methyl sites for hydroxylation is 1. The van der Waals surface area contributed by atoms with Crippen LogP contribution < -0.4 is 11.4 Å². The molecule has 0 amide bonds. The predicted octanol–water partition coefficient (Wildman–Crippen LogP) is 0.694. The average Bonchev–Trinajstić information content (AvgIpc) is 2.25. The molecule has 2 rings (SSSR count). The average molecular weight is 219 g/mol. The van der Waals surface area contributed by atoms with Gasteiger partial charge in [-0.15, -0.1) is 0 Å². The molecule has 82 valence electrons. The molecule has 0 spiro atoms. The lowest BCUT2D eigenvalue weighted by Crippen LogP contribution is -2.22. The fraction of sp³-hybridized carbons (Fsp3) is 0.182. The summed E-state index contributed by atoms with van der Waals surface area (Å²) in [6.07, 6.45) is 0. The van der Waals surface area contributed by atoms with Crippen molar-refractivity contribution in [3.63, 3.8) is 0 Å². The van der Waals surface area contributed by atoms with E-state index in [4.69, 9.17) is 0 Å². The van der Waals surface area contributed by atoms with Gasteiger partial charge in [0.25, 0.3) is 0 Å². The molecule has 5 heteroatoms. The van der Waals surface area contributed by atoms with Gasteiger partial charge in [-0.2, -0.15) is 0 Å². The Morgan fingerprint density at radius 3 is 2.62 bits per heavy atom. The quantitative estimate of drug-likeness (QED) is 0.662. The van der Waals surface area contributed by atoms with Crippen molar-refractivity contribution < 1.29 is 9.21 Å². The van der Waals surface area contributed by atoms with Gasteiger partial charge in [0, 0.05) is 12.6 Å². The smallest absolute Gasteiger partial charge is 0.372 e. The Morgan fingerprint density at radius 2 is 2.00 bits per heavy atom. The van der Waals surface area contributed by atoms with Crippen LogP contribution in [0.15, 0.2) is 32.2 Å². The number of nitrogens with zero attached hydrogens (tertiary/aromatic N) is 1. The molecule has 0 unspecified atom stereocenters. The normalized spacial score (nSPS) is 10.6. The van der Waals surface area contributed by atoms with Gasteiger partial charge in [-0.25, -0.2) is 9.59 Å². The summed E-state index contributed by atoms with van der Waals surface area (Å²) >= 11 is 0. The van der Waals surface area contributed by atoms with Crippen molar-refractivity contribution in [2.24, 2.45) is 7.05 Å². The molecular weight excluding hydrogens is 210 g/mol. The van der Waals surface area contributed by atoms with E-state index in [2.05, 4.69) is 4.42 Å². The highest BCUT2D eigenvalue weighted by molar-refractivity contribution is 5.97. The van der Waals surface area contributed by atoms with Crippen LogP contribution in [-0.4, -0.2) is 10.4 Å². The minimum atomic E-state index is -0.738. The van der Waals surface area contributed by atoms with Crippen molar-refractivity contribution in [3.8, 4) is 0 Å². The number of hydrogen-bond donors (Lipinski definition) is 0. The Hall–Kier alpha value is -2.17. The minimum absolute atomic E-state index is 0.123. The van der Waals surface area contributed by atoms with Gasteiger partial charge >= 0.3 is 11.4 Å². The van der Waals surface area contributed by atoms with Crippen LogP contribution >= 0.6 is 0 Å². The van der Waals surface area contributed by atoms with E-state index >= 15 is 0 Å². The summed E-state index contributed by atoms with van der Waals surface area (Å²) in [5.41, 5.74) is 0.162. The van der Waals surface area contributed by atoms with E-state index in [-0.39, 0.29) is 11.2 Å². The summed E-state index contributed by atoms with van der Waals surface area (Å²) in [6.45, 7) is 1.42. The van der Waals surface area contributed by atoms with Crippen molar-refractivity contribution in [3.05, 3.63) is 44.7 Å². The van der Waals surface area contributed by atoms with Crippen molar-refractivity contribution in [2.75, 3.05) is 0 Å². The van der Waals surface area contributed by atoms with Crippen molar-refractivity contribution in [1.29, 1.82) is 0 Å². The number of rotatable bonds is 1. The molecule has 0 aliphatic carbocycles. The third-order valence-corrected chi connectivity index (χ3v) is 2.44. The number of Topliss-reactive ketones (excluding diaryl/α,β-unsaturated/α-hetero) is 1. The maximum Gasteiger partial charge on any atom is 0.422 e. The first-order valence-electron chi connectivity index (χ1n) is 4.65. The van der Waals surface area contributed by atoms with E-state index in [0.717, 1.165) is 0 Å². The zero-order valence-electron chi connectivity index (χ0n) is 8.81. The lowest BCUT2D eigenvalue weighted by atomic mass is 10.1. The maximum absolute atomic E-state index is 11.4. The molecule has 0 aliphatic heterocycles. The van der Waals surface area contributed by atoms with E-state index in [1.165, 1.54) is 36.7 Å². The molecule has 0 saturated carbocycles. The summed E-state index contributed by atoms with van der Waals surface area (Å²) < 4.78 is 5.69. The molecule has 16 heavy (non-hydrogen) atoms. The van der Waals surface area contributed by atoms with Crippen LogP contribution in [0.5, 0.6) is 0 Å². The highest BCUT2D eigenvalue weighted by atomic mass is 16.4. The lowest BCUT2D eigenvalue weighted by molar-refractivity contribution is 0.101. The molecule has 1 aromatic heterocycles. The zero-order chi connectivity index (χ0) is 11.9. The molecule has 0 fully saturated rings. The second-order valence-corrected chi connectivity index (χ2v) is 3.50. The van der Waals surface area contributed by atoms with Crippen LogP contribution in [0.1, 0.15) is 17.3 Å².